The van der Waals surface area contributed by atoms with Gasteiger partial charge in [-0.25, -0.2) is 0 Å². The van der Waals surface area contributed by atoms with Crippen LogP contribution < -0.4 is 5.73 Å². The normalized spacial score (nSPS) is 10.2. The van der Waals surface area contributed by atoms with Crippen molar-refractivity contribution in [2.24, 2.45) is 0 Å². The second-order valence-electron chi connectivity index (χ2n) is 4.47. The highest BCUT2D eigenvalue weighted by molar-refractivity contribution is 9.10. The maximum Gasteiger partial charge on any atom is 0.255 e. The molecule has 0 unspecified atom stereocenters. The molecular weight excluding hydrogens is 322 g/mol. The molecule has 6 heteroatoms. The number of rotatable bonds is 5. The van der Waals surface area contributed by atoms with Gasteiger partial charge in [-0.3, -0.25) is 9.59 Å². The van der Waals surface area contributed by atoms with Crippen molar-refractivity contribution in [2.75, 3.05) is 32.4 Å². The van der Waals surface area contributed by atoms with Crippen molar-refractivity contribution in [3.8, 4) is 0 Å². The van der Waals surface area contributed by atoms with E-state index in [2.05, 4.69) is 15.9 Å². The molecule has 0 heterocycles. The molecule has 0 aliphatic rings. The average Bonchev–Trinajstić information content (AvgIpc) is 2.42. The standard InChI is InChI=1S/C14H20BrN3O2/c1-4-18(5-2)13(19)9-17(3)14(20)11-8-10(16)6-7-12(11)15/h6-8H,4-5,9,16H2,1-3H3. The Morgan fingerprint density at radius 1 is 1.25 bits per heavy atom. The summed E-state index contributed by atoms with van der Waals surface area (Å²) >= 11 is 3.32. The van der Waals surface area contributed by atoms with Crippen LogP contribution in [0.15, 0.2) is 22.7 Å². The first kappa shape index (κ1) is 16.5. The van der Waals surface area contributed by atoms with Crippen molar-refractivity contribution in [3.63, 3.8) is 0 Å². The monoisotopic (exact) mass is 341 g/mol. The lowest BCUT2D eigenvalue weighted by Crippen LogP contribution is -2.41. The molecule has 2 N–H and O–H groups in total. The zero-order chi connectivity index (χ0) is 15.3. The Morgan fingerprint density at radius 3 is 2.40 bits per heavy atom. The molecule has 0 fully saturated rings. The summed E-state index contributed by atoms with van der Waals surface area (Å²) in [5.41, 5.74) is 6.66. The lowest BCUT2D eigenvalue weighted by atomic mass is 10.2. The van der Waals surface area contributed by atoms with Gasteiger partial charge in [0.2, 0.25) is 5.91 Å². The molecule has 1 aromatic carbocycles. The van der Waals surface area contributed by atoms with Crippen molar-refractivity contribution in [1.82, 2.24) is 9.80 Å². The van der Waals surface area contributed by atoms with Crippen LogP contribution in [0, 0.1) is 0 Å². The highest BCUT2D eigenvalue weighted by Crippen LogP contribution is 2.20. The third-order valence-corrected chi connectivity index (χ3v) is 3.75. The van der Waals surface area contributed by atoms with E-state index in [1.807, 2.05) is 13.8 Å². The van der Waals surface area contributed by atoms with E-state index in [1.165, 1.54) is 4.90 Å². The molecule has 0 aliphatic heterocycles. The van der Waals surface area contributed by atoms with Crippen LogP contribution in [0.4, 0.5) is 5.69 Å². The van der Waals surface area contributed by atoms with Crippen molar-refractivity contribution in [2.45, 2.75) is 13.8 Å². The van der Waals surface area contributed by atoms with Crippen molar-refractivity contribution in [3.05, 3.63) is 28.2 Å². The van der Waals surface area contributed by atoms with Gasteiger partial charge in [-0.15, -0.1) is 0 Å². The minimum atomic E-state index is -0.232. The van der Waals surface area contributed by atoms with E-state index in [0.29, 0.717) is 28.8 Å². The number of halogens is 1. The number of hydrogen-bond donors (Lipinski definition) is 1. The Morgan fingerprint density at radius 2 is 1.85 bits per heavy atom. The van der Waals surface area contributed by atoms with Gasteiger partial charge in [-0.1, -0.05) is 0 Å². The Labute approximate surface area is 127 Å². The zero-order valence-electron chi connectivity index (χ0n) is 12.0. The highest BCUT2D eigenvalue weighted by atomic mass is 79.9. The van der Waals surface area contributed by atoms with Gasteiger partial charge in [0.1, 0.15) is 0 Å². The third-order valence-electron chi connectivity index (χ3n) is 3.06. The molecule has 5 nitrogen and oxygen atoms in total. The van der Waals surface area contributed by atoms with Gasteiger partial charge in [-0.2, -0.15) is 0 Å². The molecule has 0 bridgehead atoms. The van der Waals surface area contributed by atoms with E-state index in [4.69, 9.17) is 5.73 Å². The van der Waals surface area contributed by atoms with Gasteiger partial charge >= 0.3 is 0 Å². The number of hydrogen-bond acceptors (Lipinski definition) is 3. The van der Waals surface area contributed by atoms with E-state index in [9.17, 15) is 9.59 Å². The predicted octanol–water partition coefficient (Wildman–Crippen LogP) is 1.97. The zero-order valence-corrected chi connectivity index (χ0v) is 13.6. The molecule has 0 aromatic heterocycles. The fraction of sp³-hybridized carbons (Fsp3) is 0.429. The van der Waals surface area contributed by atoms with Crippen molar-refractivity contribution in [1.29, 1.82) is 0 Å². The number of carbonyl (C=O) groups is 2. The Hall–Kier alpha value is -1.56. The molecule has 0 aliphatic carbocycles. The number of likely N-dealkylation sites (N-methyl/N-ethyl adjacent to an activating group) is 2. The fourth-order valence-corrected chi connectivity index (χ4v) is 2.28. The maximum absolute atomic E-state index is 12.3. The molecule has 0 saturated carbocycles. The van der Waals surface area contributed by atoms with Crippen LogP contribution in [0.1, 0.15) is 24.2 Å². The van der Waals surface area contributed by atoms with Gasteiger partial charge in [0.05, 0.1) is 12.1 Å². The molecular formula is C14H20BrN3O2. The van der Waals surface area contributed by atoms with Crippen LogP contribution in [-0.2, 0) is 4.79 Å². The molecule has 2 amide bonds. The third kappa shape index (κ3) is 3.96. The predicted molar refractivity (Wildman–Crippen MR) is 83.4 cm³/mol. The van der Waals surface area contributed by atoms with Gasteiger partial charge < -0.3 is 15.5 Å². The molecule has 0 atom stereocenters. The quantitative estimate of drug-likeness (QED) is 0.832. The van der Waals surface area contributed by atoms with E-state index < -0.39 is 0 Å². The largest absolute Gasteiger partial charge is 0.399 e. The summed E-state index contributed by atoms with van der Waals surface area (Å²) in [4.78, 5) is 27.4. The number of nitrogen functional groups attached to an aromatic ring is 1. The first-order valence-corrected chi connectivity index (χ1v) is 7.28. The average molecular weight is 342 g/mol. The van der Waals surface area contributed by atoms with Crippen LogP contribution in [0.2, 0.25) is 0 Å². The summed E-state index contributed by atoms with van der Waals surface area (Å²) in [6.45, 7) is 5.16. The number of carbonyl (C=O) groups excluding carboxylic acids is 2. The smallest absolute Gasteiger partial charge is 0.255 e. The van der Waals surface area contributed by atoms with Crippen LogP contribution in [0.3, 0.4) is 0 Å². The highest BCUT2D eigenvalue weighted by Gasteiger charge is 2.19. The fourth-order valence-electron chi connectivity index (χ4n) is 1.86. The minimum Gasteiger partial charge on any atom is -0.399 e. The topological polar surface area (TPSA) is 66.6 Å². The Bertz CT molecular complexity index is 501. The summed E-state index contributed by atoms with van der Waals surface area (Å²) in [6, 6.07) is 5.04. The number of anilines is 1. The maximum atomic E-state index is 12.3. The number of benzene rings is 1. The van der Waals surface area contributed by atoms with E-state index in [1.54, 1.807) is 30.1 Å². The van der Waals surface area contributed by atoms with E-state index in [-0.39, 0.29) is 18.4 Å². The summed E-state index contributed by atoms with van der Waals surface area (Å²) in [7, 11) is 1.61. The Kier molecular flexibility index (Phi) is 6.01. The SMILES string of the molecule is CCN(CC)C(=O)CN(C)C(=O)c1cc(N)ccc1Br. The van der Waals surface area contributed by atoms with Gasteiger partial charge in [0, 0.05) is 30.3 Å². The first-order valence-electron chi connectivity index (χ1n) is 6.48. The second kappa shape index (κ2) is 7.28. The van der Waals surface area contributed by atoms with Crippen LogP contribution in [0.25, 0.3) is 0 Å². The summed E-state index contributed by atoms with van der Waals surface area (Å²) in [5, 5.41) is 0. The second-order valence-corrected chi connectivity index (χ2v) is 5.32. The van der Waals surface area contributed by atoms with E-state index in [0.717, 1.165) is 0 Å². The summed E-state index contributed by atoms with van der Waals surface area (Å²) in [6.07, 6.45) is 0. The van der Waals surface area contributed by atoms with Crippen LogP contribution in [-0.4, -0.2) is 48.3 Å². The number of nitrogens with two attached hydrogens (primary N) is 1. The number of nitrogens with zero attached hydrogens (tertiary/aromatic N) is 2. The van der Waals surface area contributed by atoms with Crippen LogP contribution in [0.5, 0.6) is 0 Å². The lowest BCUT2D eigenvalue weighted by Gasteiger charge is -2.23. The number of amides is 2. The summed E-state index contributed by atoms with van der Waals surface area (Å²) < 4.78 is 0.666. The van der Waals surface area contributed by atoms with E-state index >= 15 is 0 Å². The molecule has 1 aromatic rings. The van der Waals surface area contributed by atoms with Gasteiger partial charge in [0.15, 0.2) is 0 Å². The summed E-state index contributed by atoms with van der Waals surface area (Å²) in [5.74, 6) is -0.296. The van der Waals surface area contributed by atoms with Gasteiger partial charge in [-0.05, 0) is 48.0 Å². The molecule has 110 valence electrons. The minimum absolute atomic E-state index is 0.0573. The molecule has 20 heavy (non-hydrogen) atoms. The van der Waals surface area contributed by atoms with Crippen molar-refractivity contribution < 1.29 is 9.59 Å². The molecule has 0 radical (unpaired) electrons. The van der Waals surface area contributed by atoms with Crippen molar-refractivity contribution >= 4 is 33.4 Å². The molecule has 0 saturated heterocycles. The van der Waals surface area contributed by atoms with Crippen LogP contribution >= 0.6 is 15.9 Å². The molecule has 1 rings (SSSR count). The molecule has 0 spiro atoms. The Balaban J connectivity index is 2.82. The first-order chi connectivity index (χ1) is 9.40. The van der Waals surface area contributed by atoms with Gasteiger partial charge in [0.25, 0.3) is 5.91 Å². The lowest BCUT2D eigenvalue weighted by molar-refractivity contribution is -0.131.